The Morgan fingerprint density at radius 1 is 1.24 bits per heavy atom. The number of carbonyl (C=O) groups excluding carboxylic acids is 1. The average molecular weight is 241 g/mol. The van der Waals surface area contributed by atoms with Gasteiger partial charge in [-0.1, -0.05) is 33.1 Å². The standard InChI is InChI=1S/C14H27NO2/c1-3-12(4-2)14(17)15(10-11-16)13-8-6-5-7-9-13/h12-13,16H,3-11H2,1-2H3. The molecule has 1 rings (SSSR count). The van der Waals surface area contributed by atoms with E-state index in [1.54, 1.807) is 0 Å². The van der Waals surface area contributed by atoms with Crippen LogP contribution in [0.1, 0.15) is 58.8 Å². The summed E-state index contributed by atoms with van der Waals surface area (Å²) in [5.41, 5.74) is 0. The molecule has 0 bridgehead atoms. The van der Waals surface area contributed by atoms with Crippen LogP contribution in [0.3, 0.4) is 0 Å². The molecule has 0 spiro atoms. The average Bonchev–Trinajstić information content (AvgIpc) is 2.38. The smallest absolute Gasteiger partial charge is 0.225 e. The molecule has 0 atom stereocenters. The van der Waals surface area contributed by atoms with Gasteiger partial charge in [0.15, 0.2) is 0 Å². The molecule has 3 nitrogen and oxygen atoms in total. The van der Waals surface area contributed by atoms with E-state index in [2.05, 4.69) is 13.8 Å². The second-order valence-corrected chi connectivity index (χ2v) is 5.06. The van der Waals surface area contributed by atoms with Crippen molar-refractivity contribution >= 4 is 5.91 Å². The highest BCUT2D eigenvalue weighted by atomic mass is 16.3. The zero-order valence-electron chi connectivity index (χ0n) is 11.3. The maximum atomic E-state index is 12.4. The first-order valence-electron chi connectivity index (χ1n) is 7.15. The quantitative estimate of drug-likeness (QED) is 0.776. The van der Waals surface area contributed by atoms with Gasteiger partial charge in [0.2, 0.25) is 5.91 Å². The lowest BCUT2D eigenvalue weighted by Crippen LogP contribution is -2.45. The lowest BCUT2D eigenvalue weighted by Gasteiger charge is -2.36. The third-order valence-corrected chi connectivity index (χ3v) is 3.97. The van der Waals surface area contributed by atoms with Crippen LogP contribution in [0.15, 0.2) is 0 Å². The maximum absolute atomic E-state index is 12.4. The number of rotatable bonds is 6. The molecule has 1 aliphatic carbocycles. The van der Waals surface area contributed by atoms with E-state index in [1.165, 1.54) is 19.3 Å². The number of aliphatic hydroxyl groups excluding tert-OH is 1. The summed E-state index contributed by atoms with van der Waals surface area (Å²) in [5, 5.41) is 9.15. The molecule has 0 aromatic heterocycles. The van der Waals surface area contributed by atoms with Crippen molar-refractivity contribution in [2.45, 2.75) is 64.8 Å². The summed E-state index contributed by atoms with van der Waals surface area (Å²) >= 11 is 0. The Hall–Kier alpha value is -0.570. The Bertz CT molecular complexity index is 220. The number of nitrogens with zero attached hydrogens (tertiary/aromatic N) is 1. The van der Waals surface area contributed by atoms with E-state index >= 15 is 0 Å². The van der Waals surface area contributed by atoms with Gasteiger partial charge in [0.05, 0.1) is 6.61 Å². The maximum Gasteiger partial charge on any atom is 0.225 e. The van der Waals surface area contributed by atoms with Crippen LogP contribution in [0, 0.1) is 5.92 Å². The normalized spacial score (nSPS) is 17.4. The molecule has 0 heterocycles. The molecule has 0 unspecified atom stereocenters. The fourth-order valence-corrected chi connectivity index (χ4v) is 2.85. The summed E-state index contributed by atoms with van der Waals surface area (Å²) in [6.45, 7) is 4.75. The molecule has 1 fully saturated rings. The van der Waals surface area contributed by atoms with Gasteiger partial charge in [-0.3, -0.25) is 4.79 Å². The molecule has 1 amide bonds. The van der Waals surface area contributed by atoms with Crippen molar-refractivity contribution in [2.24, 2.45) is 5.92 Å². The van der Waals surface area contributed by atoms with Crippen LogP contribution < -0.4 is 0 Å². The van der Waals surface area contributed by atoms with E-state index in [9.17, 15) is 4.79 Å². The van der Waals surface area contributed by atoms with Gasteiger partial charge in [-0.15, -0.1) is 0 Å². The molecular formula is C14H27NO2. The van der Waals surface area contributed by atoms with Crippen molar-refractivity contribution in [3.63, 3.8) is 0 Å². The van der Waals surface area contributed by atoms with E-state index < -0.39 is 0 Å². The Morgan fingerprint density at radius 2 is 1.82 bits per heavy atom. The molecule has 100 valence electrons. The topological polar surface area (TPSA) is 40.5 Å². The van der Waals surface area contributed by atoms with Crippen molar-refractivity contribution in [1.82, 2.24) is 4.90 Å². The van der Waals surface area contributed by atoms with Gasteiger partial charge < -0.3 is 10.0 Å². The third-order valence-electron chi connectivity index (χ3n) is 3.97. The van der Waals surface area contributed by atoms with Gasteiger partial charge in [-0.05, 0) is 25.7 Å². The van der Waals surface area contributed by atoms with Gasteiger partial charge in [0, 0.05) is 18.5 Å². The molecule has 0 aromatic rings. The Labute approximate surface area is 105 Å². The Morgan fingerprint density at radius 3 is 2.29 bits per heavy atom. The number of hydrogen-bond acceptors (Lipinski definition) is 2. The van der Waals surface area contributed by atoms with Crippen LogP contribution in [-0.4, -0.2) is 35.1 Å². The van der Waals surface area contributed by atoms with E-state index in [0.717, 1.165) is 25.7 Å². The summed E-state index contributed by atoms with van der Waals surface area (Å²) < 4.78 is 0. The molecule has 17 heavy (non-hydrogen) atoms. The van der Waals surface area contributed by atoms with Crippen LogP contribution in [-0.2, 0) is 4.79 Å². The van der Waals surface area contributed by atoms with Crippen LogP contribution in [0.5, 0.6) is 0 Å². The predicted molar refractivity (Wildman–Crippen MR) is 69.7 cm³/mol. The van der Waals surface area contributed by atoms with Crippen molar-refractivity contribution in [2.75, 3.05) is 13.2 Å². The van der Waals surface area contributed by atoms with Crippen LogP contribution >= 0.6 is 0 Å². The number of amides is 1. The largest absolute Gasteiger partial charge is 0.395 e. The van der Waals surface area contributed by atoms with E-state index in [0.29, 0.717) is 12.6 Å². The summed E-state index contributed by atoms with van der Waals surface area (Å²) in [5.74, 6) is 0.402. The number of aliphatic hydroxyl groups is 1. The van der Waals surface area contributed by atoms with Crippen molar-refractivity contribution in [3.8, 4) is 0 Å². The fraction of sp³-hybridized carbons (Fsp3) is 0.929. The van der Waals surface area contributed by atoms with Gasteiger partial charge in [0.1, 0.15) is 0 Å². The molecular weight excluding hydrogens is 214 g/mol. The Balaban J connectivity index is 2.65. The highest BCUT2D eigenvalue weighted by molar-refractivity contribution is 5.79. The van der Waals surface area contributed by atoms with Gasteiger partial charge >= 0.3 is 0 Å². The molecule has 1 aliphatic rings. The van der Waals surface area contributed by atoms with Crippen LogP contribution in [0.4, 0.5) is 0 Å². The lowest BCUT2D eigenvalue weighted by atomic mass is 9.92. The molecule has 0 radical (unpaired) electrons. The zero-order valence-corrected chi connectivity index (χ0v) is 11.3. The first-order valence-corrected chi connectivity index (χ1v) is 7.15. The predicted octanol–water partition coefficient (Wildman–Crippen LogP) is 2.58. The van der Waals surface area contributed by atoms with E-state index in [4.69, 9.17) is 5.11 Å². The third kappa shape index (κ3) is 3.98. The second-order valence-electron chi connectivity index (χ2n) is 5.06. The summed E-state index contributed by atoms with van der Waals surface area (Å²) in [6.07, 6.45) is 7.79. The second kappa shape index (κ2) is 7.70. The van der Waals surface area contributed by atoms with Crippen molar-refractivity contribution in [1.29, 1.82) is 0 Å². The summed E-state index contributed by atoms with van der Waals surface area (Å²) in [6, 6.07) is 0.379. The van der Waals surface area contributed by atoms with Gasteiger partial charge in [-0.25, -0.2) is 0 Å². The van der Waals surface area contributed by atoms with E-state index in [-0.39, 0.29) is 18.4 Å². The van der Waals surface area contributed by atoms with Gasteiger partial charge in [0.25, 0.3) is 0 Å². The monoisotopic (exact) mass is 241 g/mol. The Kier molecular flexibility index (Phi) is 6.56. The van der Waals surface area contributed by atoms with Gasteiger partial charge in [-0.2, -0.15) is 0 Å². The zero-order chi connectivity index (χ0) is 12.7. The minimum absolute atomic E-state index is 0.0857. The van der Waals surface area contributed by atoms with Crippen molar-refractivity contribution in [3.05, 3.63) is 0 Å². The minimum atomic E-state index is 0.0857. The first-order chi connectivity index (χ1) is 8.24. The molecule has 1 saturated carbocycles. The van der Waals surface area contributed by atoms with Crippen molar-refractivity contribution < 1.29 is 9.90 Å². The highest BCUT2D eigenvalue weighted by Gasteiger charge is 2.28. The molecule has 1 N–H and O–H groups in total. The SMILES string of the molecule is CCC(CC)C(=O)N(CCO)C1CCCCC1. The molecule has 0 aliphatic heterocycles. The van der Waals surface area contributed by atoms with Crippen LogP contribution in [0.25, 0.3) is 0 Å². The van der Waals surface area contributed by atoms with E-state index in [1.807, 2.05) is 4.90 Å². The fourth-order valence-electron chi connectivity index (χ4n) is 2.85. The molecule has 0 aromatic carbocycles. The molecule has 3 heteroatoms. The summed E-state index contributed by atoms with van der Waals surface area (Å²) in [4.78, 5) is 14.4. The lowest BCUT2D eigenvalue weighted by molar-refractivity contribution is -0.139. The first kappa shape index (κ1) is 14.5. The number of hydrogen-bond donors (Lipinski definition) is 1. The highest BCUT2D eigenvalue weighted by Crippen LogP contribution is 2.25. The summed E-state index contributed by atoms with van der Waals surface area (Å²) in [7, 11) is 0. The molecule has 0 saturated heterocycles. The number of carbonyl (C=O) groups is 1. The minimum Gasteiger partial charge on any atom is -0.395 e. The van der Waals surface area contributed by atoms with Crippen LogP contribution in [0.2, 0.25) is 0 Å².